The normalized spacial score (nSPS) is 17.8. The second kappa shape index (κ2) is 7.23. The molecule has 130 valence electrons. The number of halogens is 1. The first-order valence-electron chi connectivity index (χ1n) is 7.79. The SMILES string of the molecule is CS(=O)(=O)N1CCCN(Cc2coc(-c3cccc(Cl)c3)n2)CC1. The van der Waals surface area contributed by atoms with Crippen molar-refractivity contribution < 1.29 is 12.8 Å². The Bertz CT molecular complexity index is 806. The van der Waals surface area contributed by atoms with Crippen molar-refractivity contribution in [1.82, 2.24) is 14.2 Å². The topological polar surface area (TPSA) is 66.7 Å². The fraction of sp³-hybridized carbons (Fsp3) is 0.438. The lowest BCUT2D eigenvalue weighted by molar-refractivity contribution is 0.275. The number of sulfonamides is 1. The van der Waals surface area contributed by atoms with E-state index in [2.05, 4.69) is 9.88 Å². The molecular weight excluding hydrogens is 350 g/mol. The van der Waals surface area contributed by atoms with Gasteiger partial charge in [0.1, 0.15) is 6.26 Å². The molecule has 0 unspecified atom stereocenters. The first-order valence-corrected chi connectivity index (χ1v) is 10.0. The third kappa shape index (κ3) is 4.36. The van der Waals surface area contributed by atoms with Crippen molar-refractivity contribution in [3.8, 4) is 11.5 Å². The number of aromatic nitrogens is 1. The molecule has 1 aromatic carbocycles. The number of oxazole rings is 1. The van der Waals surface area contributed by atoms with Gasteiger partial charge >= 0.3 is 0 Å². The van der Waals surface area contributed by atoms with Crippen LogP contribution in [0.2, 0.25) is 5.02 Å². The molecule has 0 saturated carbocycles. The lowest BCUT2D eigenvalue weighted by atomic mass is 10.2. The van der Waals surface area contributed by atoms with Gasteiger partial charge < -0.3 is 4.42 Å². The first-order chi connectivity index (χ1) is 11.4. The lowest BCUT2D eigenvalue weighted by Gasteiger charge is -2.19. The molecule has 1 aliphatic rings. The van der Waals surface area contributed by atoms with E-state index in [0.29, 0.717) is 37.1 Å². The molecule has 3 rings (SSSR count). The largest absolute Gasteiger partial charge is 0.444 e. The van der Waals surface area contributed by atoms with E-state index in [4.69, 9.17) is 16.0 Å². The van der Waals surface area contributed by atoms with E-state index in [0.717, 1.165) is 24.2 Å². The van der Waals surface area contributed by atoms with Crippen LogP contribution in [0.5, 0.6) is 0 Å². The molecule has 2 heterocycles. The molecule has 1 saturated heterocycles. The Morgan fingerprint density at radius 2 is 2.08 bits per heavy atom. The van der Waals surface area contributed by atoms with Gasteiger partial charge in [-0.3, -0.25) is 4.90 Å². The van der Waals surface area contributed by atoms with Crippen LogP contribution in [0.1, 0.15) is 12.1 Å². The van der Waals surface area contributed by atoms with Gasteiger partial charge in [-0.1, -0.05) is 17.7 Å². The molecule has 8 heteroatoms. The van der Waals surface area contributed by atoms with Crippen molar-refractivity contribution in [3.05, 3.63) is 41.2 Å². The summed E-state index contributed by atoms with van der Waals surface area (Å²) >= 11 is 5.99. The van der Waals surface area contributed by atoms with E-state index in [1.807, 2.05) is 18.2 Å². The molecular formula is C16H20ClN3O3S. The summed E-state index contributed by atoms with van der Waals surface area (Å²) in [5.74, 6) is 0.542. The highest BCUT2D eigenvalue weighted by atomic mass is 35.5. The minimum Gasteiger partial charge on any atom is -0.444 e. The van der Waals surface area contributed by atoms with Crippen molar-refractivity contribution in [2.75, 3.05) is 32.4 Å². The van der Waals surface area contributed by atoms with Gasteiger partial charge in [0.15, 0.2) is 0 Å². The van der Waals surface area contributed by atoms with Crippen LogP contribution in [0.15, 0.2) is 34.9 Å². The monoisotopic (exact) mass is 369 g/mol. The van der Waals surface area contributed by atoms with Gasteiger partial charge in [0.2, 0.25) is 15.9 Å². The van der Waals surface area contributed by atoms with Crippen LogP contribution in [-0.4, -0.2) is 55.0 Å². The van der Waals surface area contributed by atoms with Crippen molar-refractivity contribution in [3.63, 3.8) is 0 Å². The maximum Gasteiger partial charge on any atom is 0.226 e. The van der Waals surface area contributed by atoms with Gasteiger partial charge in [0.25, 0.3) is 0 Å². The van der Waals surface area contributed by atoms with Crippen LogP contribution in [-0.2, 0) is 16.6 Å². The number of rotatable bonds is 4. The van der Waals surface area contributed by atoms with E-state index < -0.39 is 10.0 Å². The summed E-state index contributed by atoms with van der Waals surface area (Å²) in [7, 11) is -3.12. The summed E-state index contributed by atoms with van der Waals surface area (Å²) in [6.45, 7) is 3.25. The van der Waals surface area contributed by atoms with Gasteiger partial charge in [0.05, 0.1) is 11.9 Å². The summed E-state index contributed by atoms with van der Waals surface area (Å²) in [6, 6.07) is 7.38. The predicted molar refractivity (Wildman–Crippen MR) is 93.3 cm³/mol. The molecule has 0 N–H and O–H groups in total. The average molecular weight is 370 g/mol. The van der Waals surface area contributed by atoms with Crippen LogP contribution in [0, 0.1) is 0 Å². The molecule has 0 spiro atoms. The quantitative estimate of drug-likeness (QED) is 0.828. The molecule has 1 aromatic heterocycles. The fourth-order valence-corrected chi connectivity index (χ4v) is 3.86. The number of hydrogen-bond donors (Lipinski definition) is 0. The Balaban J connectivity index is 1.65. The van der Waals surface area contributed by atoms with Gasteiger partial charge in [-0.2, -0.15) is 0 Å². The average Bonchev–Trinajstić information content (AvgIpc) is 2.84. The highest BCUT2D eigenvalue weighted by Crippen LogP contribution is 2.22. The molecule has 0 radical (unpaired) electrons. The summed E-state index contributed by atoms with van der Waals surface area (Å²) in [5, 5.41) is 0.639. The highest BCUT2D eigenvalue weighted by molar-refractivity contribution is 7.88. The predicted octanol–water partition coefficient (Wildman–Crippen LogP) is 2.46. The summed E-state index contributed by atoms with van der Waals surface area (Å²) in [5.41, 5.74) is 1.67. The van der Waals surface area contributed by atoms with Gasteiger partial charge in [-0.15, -0.1) is 0 Å². The standard InChI is InChI=1S/C16H20ClN3O3S/c1-24(21,22)20-7-3-6-19(8-9-20)11-15-12-23-16(18-15)13-4-2-5-14(17)10-13/h2,4-5,10,12H,3,6-9,11H2,1H3. The molecule has 1 fully saturated rings. The molecule has 0 bridgehead atoms. The summed E-state index contributed by atoms with van der Waals surface area (Å²) < 4.78 is 30.4. The van der Waals surface area contributed by atoms with Crippen LogP contribution >= 0.6 is 11.6 Å². The zero-order valence-corrected chi connectivity index (χ0v) is 15.1. The van der Waals surface area contributed by atoms with Crippen LogP contribution in [0.4, 0.5) is 0 Å². The Hall–Kier alpha value is -1.41. The highest BCUT2D eigenvalue weighted by Gasteiger charge is 2.22. The lowest BCUT2D eigenvalue weighted by Crippen LogP contribution is -2.34. The second-order valence-corrected chi connectivity index (χ2v) is 8.36. The zero-order valence-electron chi connectivity index (χ0n) is 13.5. The van der Waals surface area contributed by atoms with Crippen LogP contribution < -0.4 is 0 Å². The van der Waals surface area contributed by atoms with E-state index in [9.17, 15) is 8.42 Å². The molecule has 24 heavy (non-hydrogen) atoms. The smallest absolute Gasteiger partial charge is 0.226 e. The maximum absolute atomic E-state index is 11.7. The summed E-state index contributed by atoms with van der Waals surface area (Å²) in [6.07, 6.45) is 3.72. The van der Waals surface area contributed by atoms with Gasteiger partial charge in [0, 0.05) is 36.8 Å². The Morgan fingerprint density at radius 1 is 1.25 bits per heavy atom. The molecule has 0 amide bonds. The van der Waals surface area contributed by atoms with Gasteiger partial charge in [-0.25, -0.2) is 17.7 Å². The molecule has 0 atom stereocenters. The Kier molecular flexibility index (Phi) is 5.24. The van der Waals surface area contributed by atoms with E-state index in [1.165, 1.54) is 10.6 Å². The minimum atomic E-state index is -3.12. The number of hydrogen-bond acceptors (Lipinski definition) is 5. The van der Waals surface area contributed by atoms with Crippen molar-refractivity contribution >= 4 is 21.6 Å². The Labute approximate surface area is 147 Å². The third-order valence-corrected chi connectivity index (χ3v) is 5.56. The number of nitrogens with zero attached hydrogens (tertiary/aromatic N) is 3. The Morgan fingerprint density at radius 3 is 2.83 bits per heavy atom. The second-order valence-electron chi connectivity index (χ2n) is 5.95. The van der Waals surface area contributed by atoms with E-state index in [1.54, 1.807) is 12.3 Å². The van der Waals surface area contributed by atoms with Crippen molar-refractivity contribution in [2.45, 2.75) is 13.0 Å². The van der Waals surface area contributed by atoms with Crippen molar-refractivity contribution in [2.24, 2.45) is 0 Å². The summed E-state index contributed by atoms with van der Waals surface area (Å²) in [4.78, 5) is 6.71. The van der Waals surface area contributed by atoms with E-state index >= 15 is 0 Å². The third-order valence-electron chi connectivity index (χ3n) is 4.03. The van der Waals surface area contributed by atoms with Crippen LogP contribution in [0.25, 0.3) is 11.5 Å². The molecule has 2 aromatic rings. The molecule has 1 aliphatic heterocycles. The molecule has 6 nitrogen and oxygen atoms in total. The van der Waals surface area contributed by atoms with Gasteiger partial charge in [-0.05, 0) is 31.2 Å². The van der Waals surface area contributed by atoms with Crippen LogP contribution in [0.3, 0.4) is 0 Å². The maximum atomic E-state index is 11.7. The number of benzene rings is 1. The zero-order chi connectivity index (χ0) is 17.2. The minimum absolute atomic E-state index is 0.512. The van der Waals surface area contributed by atoms with E-state index in [-0.39, 0.29) is 0 Å². The van der Waals surface area contributed by atoms with Crippen molar-refractivity contribution in [1.29, 1.82) is 0 Å². The fourth-order valence-electron chi connectivity index (χ4n) is 2.80. The first kappa shape index (κ1) is 17.4. The molecule has 0 aliphatic carbocycles.